The third-order valence-corrected chi connectivity index (χ3v) is 3.50. The smallest absolute Gasteiger partial charge is 0.237 e. The second-order valence-corrected chi connectivity index (χ2v) is 5.46. The van der Waals surface area contributed by atoms with Crippen molar-refractivity contribution in [2.24, 2.45) is 0 Å². The molecule has 1 aromatic rings. The van der Waals surface area contributed by atoms with Gasteiger partial charge >= 0.3 is 0 Å². The summed E-state index contributed by atoms with van der Waals surface area (Å²) in [7, 11) is 2.82. The van der Waals surface area contributed by atoms with E-state index in [1.165, 1.54) is 25.6 Å². The first kappa shape index (κ1) is 11.3. The summed E-state index contributed by atoms with van der Waals surface area (Å²) >= 11 is 7.97. The second-order valence-electron chi connectivity index (χ2n) is 1.81. The van der Waals surface area contributed by atoms with Crippen molar-refractivity contribution in [3.05, 3.63) is 7.57 Å². The quantitative estimate of drug-likeness (QED) is 0.626. The summed E-state index contributed by atoms with van der Waals surface area (Å²) in [6, 6.07) is 0. The lowest BCUT2D eigenvalue weighted by molar-refractivity contribution is -0.201. The van der Waals surface area contributed by atoms with E-state index in [1.807, 2.05) is 0 Å². The van der Waals surface area contributed by atoms with Gasteiger partial charge in [-0.1, -0.05) is 0 Å². The summed E-state index contributed by atoms with van der Waals surface area (Å²) in [5, 5.41) is 0. The molecule has 0 saturated carbocycles. The molecule has 0 aliphatic carbocycles. The number of hydrogen-bond donors (Lipinski definition) is 0. The summed E-state index contributed by atoms with van der Waals surface area (Å²) in [4.78, 5) is 18.8. The van der Waals surface area contributed by atoms with Crippen LogP contribution >= 0.6 is 43.2 Å². The Balaban J connectivity index is 2.98. The molecule has 0 spiro atoms. The molecule has 0 atom stereocenters. The van der Waals surface area contributed by atoms with Crippen molar-refractivity contribution in [2.75, 3.05) is 14.2 Å². The van der Waals surface area contributed by atoms with Crippen LogP contribution in [-0.4, -0.2) is 14.2 Å². The highest BCUT2D eigenvalue weighted by Crippen LogP contribution is 2.48. The molecule has 1 heterocycles. The third-order valence-electron chi connectivity index (χ3n) is 1.08. The van der Waals surface area contributed by atoms with E-state index in [1.54, 1.807) is 0 Å². The lowest BCUT2D eigenvalue weighted by atomic mass is 10.5. The van der Waals surface area contributed by atoms with Gasteiger partial charge in [0.2, 0.25) is 11.5 Å². The number of thiophene rings is 1. The molecule has 0 N–H and O–H groups in total. The highest BCUT2D eigenvalue weighted by molar-refractivity contribution is 9.12. The van der Waals surface area contributed by atoms with Crippen LogP contribution in [0.2, 0.25) is 0 Å². The van der Waals surface area contributed by atoms with Gasteiger partial charge in [-0.05, 0) is 31.9 Å². The average Bonchev–Trinajstić information content (AvgIpc) is 2.33. The van der Waals surface area contributed by atoms with Crippen LogP contribution in [-0.2, 0) is 9.78 Å². The molecule has 0 saturated heterocycles. The lowest BCUT2D eigenvalue weighted by Gasteiger charge is -2.03. The molecule has 13 heavy (non-hydrogen) atoms. The van der Waals surface area contributed by atoms with Gasteiger partial charge in [0.1, 0.15) is 7.57 Å². The molecule has 1 aromatic heterocycles. The molecule has 1 rings (SSSR count). The summed E-state index contributed by atoms with van der Waals surface area (Å²) in [6.45, 7) is 0. The first-order chi connectivity index (χ1) is 6.20. The van der Waals surface area contributed by atoms with Crippen molar-refractivity contribution in [1.29, 1.82) is 0 Å². The fourth-order valence-corrected chi connectivity index (χ4v) is 3.37. The Labute approximate surface area is 95.8 Å². The van der Waals surface area contributed by atoms with E-state index in [2.05, 4.69) is 41.6 Å². The van der Waals surface area contributed by atoms with Crippen LogP contribution < -0.4 is 9.78 Å². The molecule has 4 nitrogen and oxygen atoms in total. The third kappa shape index (κ3) is 2.57. The summed E-state index contributed by atoms with van der Waals surface area (Å²) in [5.41, 5.74) is 0. The van der Waals surface area contributed by atoms with E-state index in [0.29, 0.717) is 11.5 Å². The number of hydrogen-bond acceptors (Lipinski definition) is 5. The Hall–Kier alpha value is 0.180. The molecule has 0 fully saturated rings. The van der Waals surface area contributed by atoms with Crippen molar-refractivity contribution in [3.63, 3.8) is 0 Å². The van der Waals surface area contributed by atoms with Crippen LogP contribution in [0.25, 0.3) is 0 Å². The summed E-state index contributed by atoms with van der Waals surface area (Å²) < 4.78 is 1.52. The van der Waals surface area contributed by atoms with Gasteiger partial charge in [-0.25, -0.2) is 0 Å². The molecular weight excluding hydrogens is 328 g/mol. The fourth-order valence-electron chi connectivity index (χ4n) is 0.658. The first-order valence-electron chi connectivity index (χ1n) is 3.09. The van der Waals surface area contributed by atoms with E-state index >= 15 is 0 Å². The molecule has 0 amide bonds. The van der Waals surface area contributed by atoms with Crippen LogP contribution in [0, 0.1) is 0 Å². The van der Waals surface area contributed by atoms with Crippen LogP contribution in [0.3, 0.4) is 0 Å². The zero-order chi connectivity index (χ0) is 9.84. The Morgan fingerprint density at radius 1 is 0.923 bits per heavy atom. The average molecular weight is 334 g/mol. The van der Waals surface area contributed by atoms with Gasteiger partial charge in [-0.3, -0.25) is 0 Å². The molecule has 0 bridgehead atoms. The lowest BCUT2D eigenvalue weighted by Crippen LogP contribution is -1.95. The van der Waals surface area contributed by atoms with Gasteiger partial charge in [0.15, 0.2) is 0 Å². The standard InChI is InChI=1S/C6H6Br2O4S/c1-9-11-3-4(12-10-2)6(8)13-5(3)7/h1-2H3. The minimum absolute atomic E-state index is 0.446. The predicted octanol–water partition coefficient (Wildman–Crippen LogP) is 3.15. The highest BCUT2D eigenvalue weighted by Gasteiger charge is 2.20. The Morgan fingerprint density at radius 3 is 1.62 bits per heavy atom. The molecular formula is C6H6Br2O4S. The highest BCUT2D eigenvalue weighted by atomic mass is 79.9. The summed E-state index contributed by atoms with van der Waals surface area (Å²) in [6.07, 6.45) is 0. The zero-order valence-corrected chi connectivity index (χ0v) is 10.8. The van der Waals surface area contributed by atoms with Crippen LogP contribution in [0.1, 0.15) is 0 Å². The topological polar surface area (TPSA) is 36.9 Å². The molecule has 0 aromatic carbocycles. The van der Waals surface area contributed by atoms with Gasteiger partial charge < -0.3 is 9.78 Å². The van der Waals surface area contributed by atoms with Gasteiger partial charge in [-0.2, -0.15) is 9.78 Å². The van der Waals surface area contributed by atoms with Crippen molar-refractivity contribution >= 4 is 43.2 Å². The maximum Gasteiger partial charge on any atom is 0.237 e. The maximum atomic E-state index is 4.87. The minimum Gasteiger partial charge on any atom is -0.331 e. The van der Waals surface area contributed by atoms with Crippen molar-refractivity contribution in [1.82, 2.24) is 0 Å². The number of rotatable bonds is 4. The molecule has 0 aliphatic rings. The van der Waals surface area contributed by atoms with E-state index < -0.39 is 0 Å². The van der Waals surface area contributed by atoms with Crippen LogP contribution in [0.15, 0.2) is 7.57 Å². The molecule has 0 aliphatic heterocycles. The fraction of sp³-hybridized carbons (Fsp3) is 0.333. The molecule has 74 valence electrons. The van der Waals surface area contributed by atoms with Crippen LogP contribution in [0.4, 0.5) is 0 Å². The van der Waals surface area contributed by atoms with Gasteiger partial charge in [0, 0.05) is 0 Å². The van der Waals surface area contributed by atoms with Crippen LogP contribution in [0.5, 0.6) is 11.5 Å². The number of halogens is 2. The Bertz CT molecular complexity index is 262. The minimum atomic E-state index is 0.446. The van der Waals surface area contributed by atoms with Gasteiger partial charge in [0.25, 0.3) is 0 Å². The normalized spacial score (nSPS) is 10.2. The molecule has 7 heteroatoms. The van der Waals surface area contributed by atoms with Gasteiger partial charge in [0.05, 0.1) is 14.2 Å². The Morgan fingerprint density at radius 2 is 1.31 bits per heavy atom. The van der Waals surface area contributed by atoms with E-state index in [0.717, 1.165) is 7.57 Å². The molecule has 0 unspecified atom stereocenters. The Kier molecular flexibility index (Phi) is 4.47. The zero-order valence-electron chi connectivity index (χ0n) is 6.80. The largest absolute Gasteiger partial charge is 0.331 e. The van der Waals surface area contributed by atoms with E-state index in [4.69, 9.17) is 9.78 Å². The van der Waals surface area contributed by atoms with E-state index in [-0.39, 0.29) is 0 Å². The summed E-state index contributed by atoms with van der Waals surface area (Å²) in [5.74, 6) is 0.891. The SMILES string of the molecule is COOc1c(Br)sc(Br)c1OOC. The van der Waals surface area contributed by atoms with Crippen molar-refractivity contribution < 1.29 is 19.6 Å². The molecule has 0 radical (unpaired) electrons. The second kappa shape index (κ2) is 5.16. The van der Waals surface area contributed by atoms with Crippen molar-refractivity contribution in [3.8, 4) is 11.5 Å². The monoisotopic (exact) mass is 332 g/mol. The maximum absolute atomic E-state index is 4.87. The van der Waals surface area contributed by atoms with Gasteiger partial charge in [-0.15, -0.1) is 11.3 Å². The predicted molar refractivity (Wildman–Crippen MR) is 55.0 cm³/mol. The van der Waals surface area contributed by atoms with Crippen molar-refractivity contribution in [2.45, 2.75) is 0 Å². The first-order valence-corrected chi connectivity index (χ1v) is 5.50. The van der Waals surface area contributed by atoms with E-state index in [9.17, 15) is 0 Å².